The average Bonchev–Trinajstić information content (AvgIpc) is 2.41. The number of rotatable bonds is 5. The van der Waals surface area contributed by atoms with Gasteiger partial charge in [0.1, 0.15) is 5.75 Å². The molecule has 0 fully saturated rings. The lowest BCUT2D eigenvalue weighted by molar-refractivity contribution is 0.340. The molecule has 1 heterocycles. The smallest absolute Gasteiger partial charge is 0.119 e. The van der Waals surface area contributed by atoms with Gasteiger partial charge in [-0.2, -0.15) is 0 Å². The number of benzene rings is 1. The van der Waals surface area contributed by atoms with Gasteiger partial charge in [0.15, 0.2) is 0 Å². The van der Waals surface area contributed by atoms with Crippen molar-refractivity contribution in [3.8, 4) is 5.75 Å². The summed E-state index contributed by atoms with van der Waals surface area (Å²) >= 11 is 3.54. The largest absolute Gasteiger partial charge is 0.494 e. The van der Waals surface area contributed by atoms with Crippen molar-refractivity contribution in [1.29, 1.82) is 0 Å². The van der Waals surface area contributed by atoms with Gasteiger partial charge < -0.3 is 10.1 Å². The molecule has 0 aliphatic carbocycles. The highest BCUT2D eigenvalue weighted by Crippen LogP contribution is 2.23. The molecule has 1 aromatic carbocycles. The number of ether oxygens (including phenoxy) is 1. The Bertz CT molecular complexity index is 502. The van der Waals surface area contributed by atoms with Crippen molar-refractivity contribution in [3.05, 3.63) is 52.8 Å². The second-order valence-electron chi connectivity index (χ2n) is 3.78. The summed E-state index contributed by atoms with van der Waals surface area (Å²) in [6.45, 7) is 3.39. The molecule has 1 N–H and O–H groups in total. The molecule has 0 unspecified atom stereocenters. The zero-order chi connectivity index (χ0) is 12.8. The number of nitrogens with zero attached hydrogens (tertiary/aromatic N) is 1. The third-order valence-corrected chi connectivity index (χ3v) is 3.25. The average molecular weight is 307 g/mol. The number of halogens is 1. The highest BCUT2D eigenvalue weighted by Gasteiger charge is 2.02. The molecule has 18 heavy (non-hydrogen) atoms. The molecule has 0 radical (unpaired) electrons. The van der Waals surface area contributed by atoms with E-state index in [1.165, 1.54) is 0 Å². The van der Waals surface area contributed by atoms with Crippen LogP contribution in [0.15, 0.2) is 47.2 Å². The fourth-order valence-corrected chi connectivity index (χ4v) is 1.99. The lowest BCUT2D eigenvalue weighted by atomic mass is 10.2. The number of aromatic nitrogens is 1. The van der Waals surface area contributed by atoms with Crippen molar-refractivity contribution in [1.82, 2.24) is 4.98 Å². The predicted octanol–water partition coefficient (Wildman–Crippen LogP) is 3.85. The molecule has 0 saturated carbocycles. The first-order valence-electron chi connectivity index (χ1n) is 5.84. The Morgan fingerprint density at radius 3 is 2.94 bits per heavy atom. The minimum absolute atomic E-state index is 0.678. The van der Waals surface area contributed by atoms with Gasteiger partial charge in [-0.3, -0.25) is 4.98 Å². The van der Waals surface area contributed by atoms with Gasteiger partial charge in [-0.05, 0) is 42.8 Å². The maximum absolute atomic E-state index is 5.49. The van der Waals surface area contributed by atoms with Crippen molar-refractivity contribution < 1.29 is 4.74 Å². The van der Waals surface area contributed by atoms with Crippen LogP contribution in [0.2, 0.25) is 0 Å². The molecule has 1 aromatic heterocycles. The summed E-state index contributed by atoms with van der Waals surface area (Å²) in [6.07, 6.45) is 3.57. The lowest BCUT2D eigenvalue weighted by Gasteiger charge is -2.10. The van der Waals surface area contributed by atoms with Gasteiger partial charge in [0.25, 0.3) is 0 Å². The van der Waals surface area contributed by atoms with Crippen LogP contribution in [0.1, 0.15) is 12.5 Å². The maximum Gasteiger partial charge on any atom is 0.119 e. The summed E-state index contributed by atoms with van der Waals surface area (Å²) in [5, 5.41) is 3.32. The van der Waals surface area contributed by atoms with Crippen LogP contribution in [-0.2, 0) is 6.54 Å². The molecule has 3 nitrogen and oxygen atoms in total. The van der Waals surface area contributed by atoms with Gasteiger partial charge in [0.05, 0.1) is 12.3 Å². The highest BCUT2D eigenvalue weighted by molar-refractivity contribution is 9.10. The van der Waals surface area contributed by atoms with Gasteiger partial charge in [-0.15, -0.1) is 0 Å². The van der Waals surface area contributed by atoms with Crippen molar-refractivity contribution in [3.63, 3.8) is 0 Å². The molecular formula is C14H15BrN2O. The number of hydrogen-bond donors (Lipinski definition) is 1. The van der Waals surface area contributed by atoms with Crippen LogP contribution in [0.4, 0.5) is 5.69 Å². The molecule has 0 aliphatic rings. The molecule has 0 spiro atoms. The van der Waals surface area contributed by atoms with Gasteiger partial charge in [0.2, 0.25) is 0 Å². The van der Waals surface area contributed by atoms with Crippen molar-refractivity contribution in [2.75, 3.05) is 11.9 Å². The third kappa shape index (κ3) is 3.47. The van der Waals surface area contributed by atoms with Crippen LogP contribution in [0, 0.1) is 0 Å². The first-order chi connectivity index (χ1) is 8.79. The minimum Gasteiger partial charge on any atom is -0.494 e. The molecule has 94 valence electrons. The van der Waals surface area contributed by atoms with E-state index in [1.54, 1.807) is 12.4 Å². The summed E-state index contributed by atoms with van der Waals surface area (Å²) in [7, 11) is 0. The molecule has 0 amide bonds. The van der Waals surface area contributed by atoms with Crippen molar-refractivity contribution in [2.24, 2.45) is 0 Å². The SMILES string of the molecule is CCOc1ccc(Br)c(CNc2cccnc2)c1. The zero-order valence-electron chi connectivity index (χ0n) is 10.2. The van der Waals surface area contributed by atoms with Crippen LogP contribution in [0.25, 0.3) is 0 Å². The minimum atomic E-state index is 0.678. The Balaban J connectivity index is 2.06. The molecule has 2 aromatic rings. The van der Waals surface area contributed by atoms with Crippen LogP contribution in [-0.4, -0.2) is 11.6 Å². The molecule has 0 saturated heterocycles. The van der Waals surface area contributed by atoms with Gasteiger partial charge in [-0.1, -0.05) is 15.9 Å². The first kappa shape index (κ1) is 12.9. The van der Waals surface area contributed by atoms with Crippen LogP contribution >= 0.6 is 15.9 Å². The fraction of sp³-hybridized carbons (Fsp3) is 0.214. The maximum atomic E-state index is 5.49. The van der Waals surface area contributed by atoms with E-state index >= 15 is 0 Å². The standard InChI is InChI=1S/C14H15BrN2O/c1-2-18-13-5-6-14(15)11(8-13)9-17-12-4-3-7-16-10-12/h3-8,10,17H,2,9H2,1H3. The van der Waals surface area contributed by atoms with E-state index in [1.807, 2.05) is 37.3 Å². The summed E-state index contributed by atoms with van der Waals surface area (Å²) in [5.74, 6) is 0.892. The molecule has 0 atom stereocenters. The van der Waals surface area contributed by atoms with E-state index in [9.17, 15) is 0 Å². The lowest BCUT2D eigenvalue weighted by Crippen LogP contribution is -2.01. The van der Waals surface area contributed by atoms with Gasteiger partial charge in [-0.25, -0.2) is 0 Å². The Labute approximate surface area is 115 Å². The van der Waals surface area contributed by atoms with E-state index in [0.717, 1.165) is 28.0 Å². The van der Waals surface area contributed by atoms with Gasteiger partial charge in [0, 0.05) is 23.4 Å². The van der Waals surface area contributed by atoms with Crippen LogP contribution in [0.3, 0.4) is 0 Å². The van der Waals surface area contributed by atoms with E-state index in [2.05, 4.69) is 26.2 Å². The normalized spacial score (nSPS) is 10.1. The predicted molar refractivity (Wildman–Crippen MR) is 76.9 cm³/mol. The summed E-state index contributed by atoms with van der Waals surface area (Å²) in [4.78, 5) is 4.07. The van der Waals surface area contributed by atoms with Crippen LogP contribution < -0.4 is 10.1 Å². The Morgan fingerprint density at radius 2 is 2.22 bits per heavy atom. The molecule has 0 aliphatic heterocycles. The molecular weight excluding hydrogens is 292 g/mol. The Kier molecular flexibility index (Phi) is 4.59. The van der Waals surface area contributed by atoms with Crippen molar-refractivity contribution >= 4 is 21.6 Å². The molecule has 4 heteroatoms. The monoisotopic (exact) mass is 306 g/mol. The van der Waals surface area contributed by atoms with E-state index in [4.69, 9.17) is 4.74 Å². The molecule has 2 rings (SSSR count). The third-order valence-electron chi connectivity index (χ3n) is 2.47. The van der Waals surface area contributed by atoms with Gasteiger partial charge >= 0.3 is 0 Å². The summed E-state index contributed by atoms with van der Waals surface area (Å²) < 4.78 is 6.56. The van der Waals surface area contributed by atoms with Crippen LogP contribution in [0.5, 0.6) is 5.75 Å². The van der Waals surface area contributed by atoms with E-state index < -0.39 is 0 Å². The zero-order valence-corrected chi connectivity index (χ0v) is 11.8. The van der Waals surface area contributed by atoms with Crippen molar-refractivity contribution in [2.45, 2.75) is 13.5 Å². The van der Waals surface area contributed by atoms with E-state index in [0.29, 0.717) is 6.61 Å². The quantitative estimate of drug-likeness (QED) is 0.911. The Hall–Kier alpha value is -1.55. The number of nitrogens with one attached hydrogen (secondary N) is 1. The highest BCUT2D eigenvalue weighted by atomic mass is 79.9. The molecule has 0 bridgehead atoms. The number of hydrogen-bond acceptors (Lipinski definition) is 3. The summed E-state index contributed by atoms with van der Waals surface area (Å²) in [6, 6.07) is 9.91. The first-order valence-corrected chi connectivity index (χ1v) is 6.64. The second kappa shape index (κ2) is 6.40. The second-order valence-corrected chi connectivity index (χ2v) is 4.64. The Morgan fingerprint density at radius 1 is 1.33 bits per heavy atom. The number of anilines is 1. The number of pyridine rings is 1. The summed E-state index contributed by atoms with van der Waals surface area (Å²) in [5.41, 5.74) is 2.16. The fourth-order valence-electron chi connectivity index (χ4n) is 1.61. The topological polar surface area (TPSA) is 34.1 Å². The van der Waals surface area contributed by atoms with E-state index in [-0.39, 0.29) is 0 Å².